The second-order valence-corrected chi connectivity index (χ2v) is 6.69. The monoisotopic (exact) mass is 351 g/mol. The summed E-state index contributed by atoms with van der Waals surface area (Å²) in [5.74, 6) is 0.679. The van der Waals surface area contributed by atoms with Crippen LogP contribution in [0.25, 0.3) is 11.3 Å². The summed E-state index contributed by atoms with van der Waals surface area (Å²) in [6, 6.07) is 5.41. The van der Waals surface area contributed by atoms with Crippen molar-refractivity contribution in [2.45, 2.75) is 32.2 Å². The fraction of sp³-hybridized carbons (Fsp3) is 0.368. The van der Waals surface area contributed by atoms with Gasteiger partial charge in [-0.15, -0.1) is 0 Å². The maximum Gasteiger partial charge on any atom is 0.255 e. The molecule has 1 atom stereocenters. The van der Waals surface area contributed by atoms with Gasteiger partial charge in [0.1, 0.15) is 0 Å². The van der Waals surface area contributed by atoms with E-state index < -0.39 is 0 Å². The minimum Gasteiger partial charge on any atom is -0.356 e. The van der Waals surface area contributed by atoms with Gasteiger partial charge in [0.25, 0.3) is 5.91 Å². The molecule has 0 unspecified atom stereocenters. The van der Waals surface area contributed by atoms with Crippen molar-refractivity contribution < 1.29 is 9.32 Å². The minimum absolute atomic E-state index is 0.00634. The van der Waals surface area contributed by atoms with Crippen molar-refractivity contribution in [1.82, 2.24) is 24.8 Å². The summed E-state index contributed by atoms with van der Waals surface area (Å²) in [6.45, 7) is 2.60. The van der Waals surface area contributed by atoms with E-state index in [0.29, 0.717) is 17.9 Å². The first-order valence-corrected chi connectivity index (χ1v) is 8.81. The standard InChI is InChI=1S/C19H21N5O2/c1-13-10-17(26-22-13)15-12-23(2)21-18(15)16-7-3-4-9-24(16)19(25)14-6-5-8-20-11-14/h5-6,8,10-12,16H,3-4,7,9H2,1-2H3/t16-/m1/s1. The van der Waals surface area contributed by atoms with Crippen molar-refractivity contribution in [2.75, 3.05) is 6.54 Å². The Kier molecular flexibility index (Phi) is 4.28. The Balaban J connectivity index is 1.72. The lowest BCUT2D eigenvalue weighted by Crippen LogP contribution is -2.39. The third kappa shape index (κ3) is 3.00. The highest BCUT2D eigenvalue weighted by Gasteiger charge is 2.33. The molecule has 0 aliphatic carbocycles. The Hall–Kier alpha value is -2.96. The van der Waals surface area contributed by atoms with Crippen molar-refractivity contribution in [2.24, 2.45) is 7.05 Å². The summed E-state index contributed by atoms with van der Waals surface area (Å²) < 4.78 is 7.23. The van der Waals surface area contributed by atoms with E-state index in [4.69, 9.17) is 4.52 Å². The van der Waals surface area contributed by atoms with E-state index in [1.165, 1.54) is 0 Å². The number of hydrogen-bond acceptors (Lipinski definition) is 5. The van der Waals surface area contributed by atoms with Crippen molar-refractivity contribution in [1.29, 1.82) is 0 Å². The van der Waals surface area contributed by atoms with Crippen LogP contribution in [0.15, 0.2) is 41.3 Å². The third-order valence-corrected chi connectivity index (χ3v) is 4.74. The lowest BCUT2D eigenvalue weighted by Gasteiger charge is -2.35. The van der Waals surface area contributed by atoms with Crippen LogP contribution >= 0.6 is 0 Å². The highest BCUT2D eigenvalue weighted by molar-refractivity contribution is 5.94. The van der Waals surface area contributed by atoms with Crippen LogP contribution in [-0.4, -0.2) is 37.3 Å². The van der Waals surface area contributed by atoms with Crippen LogP contribution < -0.4 is 0 Å². The molecular weight excluding hydrogens is 330 g/mol. The zero-order valence-electron chi connectivity index (χ0n) is 14.9. The van der Waals surface area contributed by atoms with E-state index in [1.54, 1.807) is 29.2 Å². The van der Waals surface area contributed by atoms with Crippen molar-refractivity contribution in [3.63, 3.8) is 0 Å². The first-order chi connectivity index (χ1) is 12.6. The van der Waals surface area contributed by atoms with Gasteiger partial charge in [-0.3, -0.25) is 14.5 Å². The number of rotatable bonds is 3. The molecular formula is C19H21N5O2. The molecule has 0 radical (unpaired) electrons. The van der Waals surface area contributed by atoms with Gasteiger partial charge in [0.15, 0.2) is 5.76 Å². The fourth-order valence-corrected chi connectivity index (χ4v) is 3.55. The van der Waals surface area contributed by atoms with Crippen molar-refractivity contribution in [3.05, 3.63) is 53.7 Å². The summed E-state index contributed by atoms with van der Waals surface area (Å²) >= 11 is 0. The highest BCUT2D eigenvalue weighted by Crippen LogP contribution is 2.37. The number of nitrogens with zero attached hydrogens (tertiary/aromatic N) is 5. The van der Waals surface area contributed by atoms with Gasteiger partial charge in [0.2, 0.25) is 0 Å². The normalized spacial score (nSPS) is 17.5. The number of aryl methyl sites for hydroxylation is 2. The molecule has 0 saturated carbocycles. The molecule has 1 aliphatic rings. The van der Waals surface area contributed by atoms with E-state index in [9.17, 15) is 4.79 Å². The first-order valence-electron chi connectivity index (χ1n) is 8.81. The predicted octanol–water partition coefficient (Wildman–Crippen LogP) is 3.15. The molecule has 1 aliphatic heterocycles. The van der Waals surface area contributed by atoms with Crippen LogP contribution in [0.4, 0.5) is 0 Å². The van der Waals surface area contributed by atoms with Crippen LogP contribution in [0.5, 0.6) is 0 Å². The highest BCUT2D eigenvalue weighted by atomic mass is 16.5. The maximum atomic E-state index is 13.1. The smallest absolute Gasteiger partial charge is 0.255 e. The number of aromatic nitrogens is 4. The summed E-state index contributed by atoms with van der Waals surface area (Å²) in [5, 5.41) is 8.66. The molecule has 0 bridgehead atoms. The van der Waals surface area contributed by atoms with Crippen LogP contribution in [0, 0.1) is 6.92 Å². The van der Waals surface area contributed by atoms with E-state index in [2.05, 4.69) is 15.2 Å². The van der Waals surface area contributed by atoms with Crippen LogP contribution in [-0.2, 0) is 7.05 Å². The average molecular weight is 351 g/mol. The Morgan fingerprint density at radius 3 is 2.96 bits per heavy atom. The quantitative estimate of drug-likeness (QED) is 0.724. The number of likely N-dealkylation sites (tertiary alicyclic amines) is 1. The second kappa shape index (κ2) is 6.74. The van der Waals surface area contributed by atoms with Crippen LogP contribution in [0.2, 0.25) is 0 Å². The molecule has 1 fully saturated rings. The van der Waals surface area contributed by atoms with E-state index in [-0.39, 0.29) is 11.9 Å². The Labute approximate surface area is 151 Å². The van der Waals surface area contributed by atoms with E-state index >= 15 is 0 Å². The van der Waals surface area contributed by atoms with Gasteiger partial charge in [-0.2, -0.15) is 5.10 Å². The third-order valence-electron chi connectivity index (χ3n) is 4.74. The number of carbonyl (C=O) groups excluding carboxylic acids is 1. The molecule has 4 rings (SSSR count). The molecule has 3 aromatic heterocycles. The maximum absolute atomic E-state index is 13.1. The van der Waals surface area contributed by atoms with Gasteiger partial charge in [0, 0.05) is 38.2 Å². The fourth-order valence-electron chi connectivity index (χ4n) is 3.55. The Bertz CT molecular complexity index is 915. The summed E-state index contributed by atoms with van der Waals surface area (Å²) in [5.41, 5.74) is 3.18. The van der Waals surface area contributed by atoms with Crippen LogP contribution in [0.1, 0.15) is 47.1 Å². The van der Waals surface area contributed by atoms with Gasteiger partial charge < -0.3 is 9.42 Å². The Morgan fingerprint density at radius 2 is 2.23 bits per heavy atom. The molecule has 7 heteroatoms. The predicted molar refractivity (Wildman–Crippen MR) is 95.3 cm³/mol. The zero-order chi connectivity index (χ0) is 18.1. The Morgan fingerprint density at radius 1 is 1.35 bits per heavy atom. The lowest BCUT2D eigenvalue weighted by molar-refractivity contribution is 0.0605. The second-order valence-electron chi connectivity index (χ2n) is 6.69. The molecule has 7 nitrogen and oxygen atoms in total. The van der Waals surface area contributed by atoms with E-state index in [0.717, 1.165) is 36.2 Å². The summed E-state index contributed by atoms with van der Waals surface area (Å²) in [7, 11) is 1.88. The van der Waals surface area contributed by atoms with Gasteiger partial charge >= 0.3 is 0 Å². The molecule has 0 N–H and O–H groups in total. The summed E-state index contributed by atoms with van der Waals surface area (Å²) in [4.78, 5) is 19.0. The molecule has 0 spiro atoms. The van der Waals surface area contributed by atoms with Gasteiger partial charge in [-0.05, 0) is 38.3 Å². The number of carbonyl (C=O) groups is 1. The van der Waals surface area contributed by atoms with Gasteiger partial charge in [-0.25, -0.2) is 0 Å². The zero-order valence-corrected chi connectivity index (χ0v) is 14.9. The molecule has 0 aromatic carbocycles. The molecule has 3 aromatic rings. The number of pyridine rings is 1. The van der Waals surface area contributed by atoms with Gasteiger partial charge in [0.05, 0.1) is 28.6 Å². The van der Waals surface area contributed by atoms with E-state index in [1.807, 2.05) is 31.1 Å². The molecule has 1 saturated heterocycles. The first kappa shape index (κ1) is 16.5. The van der Waals surface area contributed by atoms with Crippen LogP contribution in [0.3, 0.4) is 0 Å². The molecule has 4 heterocycles. The SMILES string of the molecule is Cc1cc(-c2cn(C)nc2[C@H]2CCCCN2C(=O)c2cccnc2)on1. The average Bonchev–Trinajstić information content (AvgIpc) is 3.27. The molecule has 1 amide bonds. The minimum atomic E-state index is -0.0851. The number of hydrogen-bond donors (Lipinski definition) is 0. The van der Waals surface area contributed by atoms with Gasteiger partial charge in [-0.1, -0.05) is 5.16 Å². The summed E-state index contributed by atoms with van der Waals surface area (Å²) in [6.07, 6.45) is 8.15. The lowest BCUT2D eigenvalue weighted by atomic mass is 9.95. The topological polar surface area (TPSA) is 77.0 Å². The van der Waals surface area contributed by atoms with Crippen molar-refractivity contribution >= 4 is 5.91 Å². The number of amides is 1. The number of piperidine rings is 1. The molecule has 26 heavy (non-hydrogen) atoms. The molecule has 134 valence electrons. The van der Waals surface area contributed by atoms with Crippen molar-refractivity contribution in [3.8, 4) is 11.3 Å². The largest absolute Gasteiger partial charge is 0.356 e.